The molecule has 4 heteroatoms. The van der Waals surface area contributed by atoms with Crippen molar-refractivity contribution in [2.45, 2.75) is 12.5 Å². The first-order valence-corrected chi connectivity index (χ1v) is 7.93. The molecule has 0 saturated carbocycles. The van der Waals surface area contributed by atoms with Crippen LogP contribution in [0.1, 0.15) is 23.6 Å². The van der Waals surface area contributed by atoms with Crippen LogP contribution in [0, 0.1) is 0 Å². The second kappa shape index (κ2) is 6.16. The Morgan fingerprint density at radius 3 is 2.46 bits per heavy atom. The van der Waals surface area contributed by atoms with E-state index in [1.165, 1.54) is 0 Å². The molecule has 0 amide bonds. The van der Waals surface area contributed by atoms with Crippen LogP contribution in [0.25, 0.3) is 0 Å². The number of aromatic hydroxyl groups is 1. The Hall–Kier alpha value is -3.14. The average molecular weight is 315 g/mol. The minimum atomic E-state index is -0.0381. The molecule has 1 N–H and O–H groups in total. The van der Waals surface area contributed by atoms with Gasteiger partial charge in [-0.1, -0.05) is 42.5 Å². The summed E-state index contributed by atoms with van der Waals surface area (Å²) in [6, 6.07) is 21.4. The summed E-state index contributed by atoms with van der Waals surface area (Å²) >= 11 is 0. The predicted molar refractivity (Wildman–Crippen MR) is 95.2 cm³/mol. The quantitative estimate of drug-likeness (QED) is 0.790. The van der Waals surface area contributed by atoms with Gasteiger partial charge in [-0.3, -0.25) is 9.99 Å². The molecule has 0 aliphatic carbocycles. The van der Waals surface area contributed by atoms with Gasteiger partial charge in [-0.2, -0.15) is 5.10 Å². The van der Waals surface area contributed by atoms with E-state index < -0.39 is 0 Å². The Morgan fingerprint density at radius 1 is 0.917 bits per heavy atom. The van der Waals surface area contributed by atoms with Crippen LogP contribution in [0.5, 0.6) is 5.75 Å². The van der Waals surface area contributed by atoms with Crippen molar-refractivity contribution in [3.8, 4) is 5.75 Å². The molecule has 24 heavy (non-hydrogen) atoms. The first-order valence-electron chi connectivity index (χ1n) is 7.93. The second-order valence-electron chi connectivity index (χ2n) is 5.75. The van der Waals surface area contributed by atoms with Crippen molar-refractivity contribution in [1.82, 2.24) is 4.98 Å². The molecule has 118 valence electrons. The first-order chi connectivity index (χ1) is 11.8. The predicted octanol–water partition coefficient (Wildman–Crippen LogP) is 4.14. The number of para-hydroxylation sites is 2. The molecule has 1 aliphatic heterocycles. The lowest BCUT2D eigenvalue weighted by atomic mass is 9.98. The number of pyridine rings is 1. The fraction of sp³-hybridized carbons (Fsp3) is 0.100. The van der Waals surface area contributed by atoms with Crippen molar-refractivity contribution in [2.24, 2.45) is 5.10 Å². The number of phenolic OH excluding ortho intramolecular Hbond substituents is 1. The summed E-state index contributed by atoms with van der Waals surface area (Å²) < 4.78 is 0. The van der Waals surface area contributed by atoms with Crippen LogP contribution in [0.15, 0.2) is 84.2 Å². The second-order valence-corrected chi connectivity index (χ2v) is 5.75. The molecular weight excluding hydrogens is 298 g/mol. The molecule has 1 aliphatic rings. The van der Waals surface area contributed by atoms with Gasteiger partial charge in [0.05, 0.1) is 17.4 Å². The SMILES string of the molecule is Oc1ccccc1C1CC(c2cccnc2)=NN1c1ccccc1. The van der Waals surface area contributed by atoms with Gasteiger partial charge >= 0.3 is 0 Å². The van der Waals surface area contributed by atoms with E-state index in [1.54, 1.807) is 12.3 Å². The zero-order valence-corrected chi connectivity index (χ0v) is 13.1. The first kappa shape index (κ1) is 14.5. The van der Waals surface area contributed by atoms with Gasteiger partial charge in [-0.25, -0.2) is 0 Å². The number of benzene rings is 2. The molecule has 4 rings (SSSR count). The van der Waals surface area contributed by atoms with Crippen LogP contribution in [0.4, 0.5) is 5.69 Å². The Kier molecular flexibility index (Phi) is 3.71. The molecule has 0 spiro atoms. The molecule has 4 nitrogen and oxygen atoms in total. The van der Waals surface area contributed by atoms with Crippen LogP contribution < -0.4 is 5.01 Å². The molecule has 1 atom stereocenters. The van der Waals surface area contributed by atoms with Gasteiger partial charge in [0, 0.05) is 29.9 Å². The number of hydrogen-bond acceptors (Lipinski definition) is 4. The van der Waals surface area contributed by atoms with E-state index in [0.29, 0.717) is 5.75 Å². The van der Waals surface area contributed by atoms with Gasteiger partial charge in [0.15, 0.2) is 0 Å². The fourth-order valence-electron chi connectivity index (χ4n) is 3.05. The molecule has 1 unspecified atom stereocenters. The highest BCUT2D eigenvalue weighted by Gasteiger charge is 2.31. The lowest BCUT2D eigenvalue weighted by Gasteiger charge is -2.24. The highest BCUT2D eigenvalue weighted by molar-refractivity contribution is 6.03. The van der Waals surface area contributed by atoms with E-state index in [0.717, 1.165) is 28.9 Å². The van der Waals surface area contributed by atoms with E-state index in [-0.39, 0.29) is 6.04 Å². The smallest absolute Gasteiger partial charge is 0.120 e. The number of hydrogen-bond donors (Lipinski definition) is 1. The summed E-state index contributed by atoms with van der Waals surface area (Å²) in [5, 5.41) is 17.1. The van der Waals surface area contributed by atoms with Crippen LogP contribution >= 0.6 is 0 Å². The van der Waals surface area contributed by atoms with Crippen molar-refractivity contribution < 1.29 is 5.11 Å². The maximum atomic E-state index is 10.3. The van der Waals surface area contributed by atoms with Gasteiger partial charge in [-0.15, -0.1) is 0 Å². The van der Waals surface area contributed by atoms with Crippen LogP contribution in [-0.2, 0) is 0 Å². The molecule has 0 radical (unpaired) electrons. The Morgan fingerprint density at radius 2 is 1.71 bits per heavy atom. The van der Waals surface area contributed by atoms with Gasteiger partial charge in [0.25, 0.3) is 0 Å². The molecule has 0 saturated heterocycles. The number of rotatable bonds is 3. The average Bonchev–Trinajstić information content (AvgIpc) is 3.09. The van der Waals surface area contributed by atoms with Crippen molar-refractivity contribution >= 4 is 11.4 Å². The molecule has 0 bridgehead atoms. The number of anilines is 1. The lowest BCUT2D eigenvalue weighted by molar-refractivity contribution is 0.461. The van der Waals surface area contributed by atoms with Gasteiger partial charge in [0.2, 0.25) is 0 Å². The summed E-state index contributed by atoms with van der Waals surface area (Å²) in [5.74, 6) is 0.297. The van der Waals surface area contributed by atoms with Crippen molar-refractivity contribution in [3.05, 3.63) is 90.3 Å². The highest BCUT2D eigenvalue weighted by Crippen LogP contribution is 2.39. The lowest BCUT2D eigenvalue weighted by Crippen LogP contribution is -2.18. The summed E-state index contributed by atoms with van der Waals surface area (Å²) in [5.41, 5.74) is 3.87. The maximum Gasteiger partial charge on any atom is 0.120 e. The van der Waals surface area contributed by atoms with E-state index >= 15 is 0 Å². The summed E-state index contributed by atoms with van der Waals surface area (Å²) in [6.07, 6.45) is 4.31. The third-order valence-corrected chi connectivity index (χ3v) is 4.22. The minimum absolute atomic E-state index is 0.0381. The third-order valence-electron chi connectivity index (χ3n) is 4.22. The monoisotopic (exact) mass is 315 g/mol. The number of hydrazone groups is 1. The Labute approximate surface area is 140 Å². The standard InChI is InChI=1S/C20H17N3O/c24-20-11-5-4-10-17(20)19-13-18(15-7-6-12-21-14-15)22-23(19)16-8-2-1-3-9-16/h1-12,14,19,24H,13H2. The van der Waals surface area contributed by atoms with E-state index in [1.807, 2.05) is 71.9 Å². The molecule has 3 aromatic rings. The fourth-order valence-corrected chi connectivity index (χ4v) is 3.05. The zero-order valence-electron chi connectivity index (χ0n) is 13.1. The van der Waals surface area contributed by atoms with Crippen LogP contribution in [-0.4, -0.2) is 15.8 Å². The van der Waals surface area contributed by atoms with Gasteiger partial charge in [0.1, 0.15) is 5.75 Å². The third kappa shape index (κ3) is 2.63. The zero-order chi connectivity index (χ0) is 16.4. The Bertz CT molecular complexity index is 862. The molecule has 2 aromatic carbocycles. The number of aromatic nitrogens is 1. The Balaban J connectivity index is 1.78. The summed E-state index contributed by atoms with van der Waals surface area (Å²) in [4.78, 5) is 4.19. The topological polar surface area (TPSA) is 48.7 Å². The number of phenols is 1. The summed E-state index contributed by atoms with van der Waals surface area (Å²) in [6.45, 7) is 0. The molecule has 1 aromatic heterocycles. The minimum Gasteiger partial charge on any atom is -0.508 e. The molecular formula is C20H17N3O. The van der Waals surface area contributed by atoms with Crippen LogP contribution in [0.2, 0.25) is 0 Å². The molecule has 2 heterocycles. The van der Waals surface area contributed by atoms with E-state index in [2.05, 4.69) is 4.98 Å². The summed E-state index contributed by atoms with van der Waals surface area (Å²) in [7, 11) is 0. The van der Waals surface area contributed by atoms with Crippen LogP contribution in [0.3, 0.4) is 0 Å². The maximum absolute atomic E-state index is 10.3. The van der Waals surface area contributed by atoms with Crippen molar-refractivity contribution in [2.75, 3.05) is 5.01 Å². The largest absolute Gasteiger partial charge is 0.508 e. The van der Waals surface area contributed by atoms with Gasteiger partial charge < -0.3 is 5.11 Å². The highest BCUT2D eigenvalue weighted by atomic mass is 16.3. The van der Waals surface area contributed by atoms with E-state index in [9.17, 15) is 5.11 Å². The normalized spacial score (nSPS) is 16.9. The molecule has 0 fully saturated rings. The van der Waals surface area contributed by atoms with Crippen molar-refractivity contribution in [1.29, 1.82) is 0 Å². The number of nitrogens with zero attached hydrogens (tertiary/aromatic N) is 3. The van der Waals surface area contributed by atoms with Gasteiger partial charge in [-0.05, 0) is 24.3 Å². The van der Waals surface area contributed by atoms with Crippen molar-refractivity contribution in [3.63, 3.8) is 0 Å². The van der Waals surface area contributed by atoms with E-state index in [4.69, 9.17) is 5.10 Å².